The fourth-order valence-electron chi connectivity index (χ4n) is 3.85. The number of rotatable bonds is 4. The number of allylic oxidation sites excluding steroid dienone is 1. The van der Waals surface area contributed by atoms with E-state index < -0.39 is 0 Å². The molecule has 0 atom stereocenters. The molecule has 0 radical (unpaired) electrons. The first-order chi connectivity index (χ1) is 15.1. The number of imidazole rings is 1. The van der Waals surface area contributed by atoms with E-state index in [0.717, 1.165) is 33.1 Å². The second kappa shape index (κ2) is 7.82. The first-order valence-corrected chi connectivity index (χ1v) is 10.3. The van der Waals surface area contributed by atoms with Gasteiger partial charge in [-0.3, -0.25) is 9.78 Å². The van der Waals surface area contributed by atoms with Crippen LogP contribution in [0.5, 0.6) is 0 Å². The summed E-state index contributed by atoms with van der Waals surface area (Å²) in [5.74, 6) is 0.497. The van der Waals surface area contributed by atoms with Crippen LogP contribution >= 0.6 is 11.6 Å². The molecule has 0 saturated heterocycles. The van der Waals surface area contributed by atoms with Gasteiger partial charge in [0.25, 0.3) is 0 Å². The molecule has 0 amide bonds. The molecule has 0 saturated carbocycles. The number of nitrogens with zero attached hydrogens (tertiary/aromatic N) is 2. The highest BCUT2D eigenvalue weighted by Crippen LogP contribution is 2.35. The second-order valence-electron chi connectivity index (χ2n) is 7.31. The highest BCUT2D eigenvalue weighted by atomic mass is 35.5. The number of H-pyrrole nitrogens is 1. The number of ketones is 1. The maximum Gasteiger partial charge on any atom is 0.188 e. The quantitative estimate of drug-likeness (QED) is 0.260. The highest BCUT2D eigenvalue weighted by Gasteiger charge is 2.19. The van der Waals surface area contributed by atoms with E-state index in [1.165, 1.54) is 0 Å². The number of hydrogen-bond acceptors (Lipinski definition) is 3. The van der Waals surface area contributed by atoms with E-state index in [-0.39, 0.29) is 5.78 Å². The number of carbonyl (C=O) groups excluding carboxylic acids is 1. The zero-order valence-corrected chi connectivity index (χ0v) is 17.5. The van der Waals surface area contributed by atoms with E-state index in [0.29, 0.717) is 22.1 Å². The van der Waals surface area contributed by atoms with Crippen molar-refractivity contribution in [3.63, 3.8) is 0 Å². The fraction of sp³-hybridized carbons (Fsp3) is 0.0385. The molecule has 4 nitrogen and oxygen atoms in total. The lowest BCUT2D eigenvalue weighted by Crippen LogP contribution is -2.05. The van der Waals surface area contributed by atoms with Crippen molar-refractivity contribution in [3.05, 3.63) is 101 Å². The highest BCUT2D eigenvalue weighted by molar-refractivity contribution is 6.31. The molecule has 0 aliphatic rings. The number of para-hydroxylation sites is 2. The first-order valence-electron chi connectivity index (χ1n) is 9.92. The lowest BCUT2D eigenvalue weighted by atomic mass is 9.92. The van der Waals surface area contributed by atoms with Crippen LogP contribution in [0.2, 0.25) is 5.02 Å². The summed E-state index contributed by atoms with van der Waals surface area (Å²) in [5.41, 5.74) is 5.61. The topological polar surface area (TPSA) is 58.6 Å². The summed E-state index contributed by atoms with van der Waals surface area (Å²) in [4.78, 5) is 25.8. The second-order valence-corrected chi connectivity index (χ2v) is 7.75. The normalized spacial score (nSPS) is 11.5. The van der Waals surface area contributed by atoms with Gasteiger partial charge in [0.1, 0.15) is 5.82 Å². The number of benzene rings is 3. The van der Waals surface area contributed by atoms with E-state index in [9.17, 15) is 4.79 Å². The number of aromatic nitrogens is 3. The van der Waals surface area contributed by atoms with Gasteiger partial charge >= 0.3 is 0 Å². The minimum absolute atomic E-state index is 0.133. The Kier molecular flexibility index (Phi) is 4.85. The molecule has 3 aromatic carbocycles. The van der Waals surface area contributed by atoms with Crippen molar-refractivity contribution in [3.8, 4) is 11.1 Å². The first kappa shape index (κ1) is 19.2. The van der Waals surface area contributed by atoms with E-state index in [1.807, 2.05) is 79.7 Å². The molecule has 1 N–H and O–H groups in total. The molecule has 0 aliphatic carbocycles. The van der Waals surface area contributed by atoms with Crippen molar-refractivity contribution in [1.82, 2.24) is 15.0 Å². The van der Waals surface area contributed by atoms with Gasteiger partial charge < -0.3 is 4.98 Å². The maximum absolute atomic E-state index is 13.4. The van der Waals surface area contributed by atoms with Crippen molar-refractivity contribution >= 4 is 45.4 Å². The van der Waals surface area contributed by atoms with Gasteiger partial charge in [-0.1, -0.05) is 54.1 Å². The van der Waals surface area contributed by atoms with Crippen LogP contribution in [0.15, 0.2) is 78.9 Å². The molecule has 0 spiro atoms. The Labute approximate surface area is 184 Å². The van der Waals surface area contributed by atoms with Crippen molar-refractivity contribution in [2.45, 2.75) is 6.92 Å². The molecule has 2 heterocycles. The molecule has 150 valence electrons. The molecule has 0 unspecified atom stereocenters. The van der Waals surface area contributed by atoms with Gasteiger partial charge in [-0.15, -0.1) is 0 Å². The third-order valence-corrected chi connectivity index (χ3v) is 5.47. The average Bonchev–Trinajstić information content (AvgIpc) is 3.20. The van der Waals surface area contributed by atoms with Crippen molar-refractivity contribution in [2.75, 3.05) is 0 Å². The predicted octanol–water partition coefficient (Wildman–Crippen LogP) is 6.64. The van der Waals surface area contributed by atoms with Crippen molar-refractivity contribution < 1.29 is 4.79 Å². The smallest absolute Gasteiger partial charge is 0.188 e. The van der Waals surface area contributed by atoms with E-state index in [2.05, 4.69) is 15.0 Å². The standard InChI is InChI=1S/C26H18ClN3O/c1-16-25(23(31)13-14-24-29-21-9-5-6-10-22(21)30-24)26(17-7-3-2-4-8-17)19-15-18(27)11-12-20(19)28-16/h2-15H,1H3,(H,29,30). The van der Waals surface area contributed by atoms with Gasteiger partial charge in [0.2, 0.25) is 0 Å². The van der Waals surface area contributed by atoms with Crippen LogP contribution in [0, 0.1) is 6.92 Å². The molecule has 0 bridgehead atoms. The minimum atomic E-state index is -0.133. The average molecular weight is 424 g/mol. The number of aromatic amines is 1. The number of aryl methyl sites for hydroxylation is 1. The maximum atomic E-state index is 13.4. The van der Waals surface area contributed by atoms with E-state index >= 15 is 0 Å². The Morgan fingerprint density at radius 3 is 2.52 bits per heavy atom. The Morgan fingerprint density at radius 1 is 0.935 bits per heavy atom. The van der Waals surface area contributed by atoms with Crippen LogP contribution in [0.3, 0.4) is 0 Å². The largest absolute Gasteiger partial charge is 0.338 e. The number of fused-ring (bicyclic) bond motifs is 2. The number of halogens is 1. The molecular formula is C26H18ClN3O. The van der Waals surface area contributed by atoms with Crippen LogP contribution in [-0.4, -0.2) is 20.7 Å². The predicted molar refractivity (Wildman–Crippen MR) is 126 cm³/mol. The molecule has 5 aromatic rings. The molecule has 0 fully saturated rings. The van der Waals surface area contributed by atoms with Crippen LogP contribution in [-0.2, 0) is 0 Å². The summed E-state index contributed by atoms with van der Waals surface area (Å²) in [6.45, 7) is 1.86. The number of pyridine rings is 1. The summed E-state index contributed by atoms with van der Waals surface area (Å²) in [6.07, 6.45) is 3.25. The van der Waals surface area contributed by atoms with Crippen LogP contribution in [0.1, 0.15) is 21.9 Å². The molecule has 2 aromatic heterocycles. The fourth-order valence-corrected chi connectivity index (χ4v) is 4.03. The van der Waals surface area contributed by atoms with Crippen molar-refractivity contribution in [1.29, 1.82) is 0 Å². The minimum Gasteiger partial charge on any atom is -0.338 e. The summed E-state index contributed by atoms with van der Waals surface area (Å²) in [6, 6.07) is 23.2. The van der Waals surface area contributed by atoms with Gasteiger partial charge in [-0.2, -0.15) is 0 Å². The van der Waals surface area contributed by atoms with Gasteiger partial charge in [-0.25, -0.2) is 4.98 Å². The monoisotopic (exact) mass is 423 g/mol. The zero-order chi connectivity index (χ0) is 21.4. The third-order valence-electron chi connectivity index (χ3n) is 5.24. The SMILES string of the molecule is Cc1nc2ccc(Cl)cc2c(-c2ccccc2)c1C(=O)C=Cc1nc2ccccc2[nH]1. The summed E-state index contributed by atoms with van der Waals surface area (Å²) in [5, 5.41) is 1.45. The number of nitrogens with one attached hydrogen (secondary N) is 1. The zero-order valence-electron chi connectivity index (χ0n) is 16.8. The lowest BCUT2D eigenvalue weighted by Gasteiger charge is -2.14. The van der Waals surface area contributed by atoms with Gasteiger partial charge in [0, 0.05) is 21.7 Å². The van der Waals surface area contributed by atoms with Gasteiger partial charge in [0.05, 0.1) is 22.1 Å². The molecule has 5 heteroatoms. The Bertz CT molecular complexity index is 1440. The molecule has 0 aliphatic heterocycles. The Balaban J connectivity index is 1.66. The van der Waals surface area contributed by atoms with E-state index in [1.54, 1.807) is 12.2 Å². The van der Waals surface area contributed by atoms with Crippen LogP contribution in [0.25, 0.3) is 39.1 Å². The van der Waals surface area contributed by atoms with E-state index in [4.69, 9.17) is 11.6 Å². The molecular weight excluding hydrogens is 406 g/mol. The molecule has 5 rings (SSSR count). The molecule has 31 heavy (non-hydrogen) atoms. The van der Waals surface area contributed by atoms with Crippen LogP contribution < -0.4 is 0 Å². The lowest BCUT2D eigenvalue weighted by molar-refractivity contribution is 0.104. The van der Waals surface area contributed by atoms with Crippen LogP contribution in [0.4, 0.5) is 0 Å². The Hall–Kier alpha value is -3.76. The summed E-state index contributed by atoms with van der Waals surface area (Å²) >= 11 is 6.29. The Morgan fingerprint density at radius 2 is 1.71 bits per heavy atom. The summed E-state index contributed by atoms with van der Waals surface area (Å²) < 4.78 is 0. The van der Waals surface area contributed by atoms with Gasteiger partial charge in [-0.05, 0) is 55.0 Å². The van der Waals surface area contributed by atoms with Crippen molar-refractivity contribution in [2.24, 2.45) is 0 Å². The number of hydrogen-bond donors (Lipinski definition) is 1. The third kappa shape index (κ3) is 3.62. The summed E-state index contributed by atoms with van der Waals surface area (Å²) in [7, 11) is 0. The number of carbonyl (C=O) groups is 1. The van der Waals surface area contributed by atoms with Gasteiger partial charge in [0.15, 0.2) is 5.78 Å².